The van der Waals surface area contributed by atoms with E-state index in [0.717, 1.165) is 13.1 Å². The first-order valence-corrected chi connectivity index (χ1v) is 6.55. The van der Waals surface area contributed by atoms with Crippen LogP contribution in [0, 0.1) is 17.0 Å². The van der Waals surface area contributed by atoms with Crippen LogP contribution in [0.2, 0.25) is 0 Å². The number of nitro benzene ring substituents is 1. The fourth-order valence-corrected chi connectivity index (χ4v) is 2.12. The number of rotatable bonds is 4. The molecular formula is C13H18N4O3. The summed E-state index contributed by atoms with van der Waals surface area (Å²) in [5.41, 5.74) is 1.25. The molecule has 0 aromatic heterocycles. The molecule has 0 bridgehead atoms. The summed E-state index contributed by atoms with van der Waals surface area (Å²) in [5.74, 6) is 0.00901. The number of piperazine rings is 1. The van der Waals surface area contributed by atoms with Gasteiger partial charge in [0.1, 0.15) is 0 Å². The lowest BCUT2D eigenvalue weighted by Gasteiger charge is -2.27. The van der Waals surface area contributed by atoms with Crippen LogP contribution >= 0.6 is 0 Å². The SMILES string of the molecule is Cc1ccc(NCC(=O)N2CCNCC2)cc1[N+](=O)[O-]. The highest BCUT2D eigenvalue weighted by molar-refractivity contribution is 5.81. The fourth-order valence-electron chi connectivity index (χ4n) is 2.12. The third-order valence-electron chi connectivity index (χ3n) is 3.32. The number of amides is 1. The van der Waals surface area contributed by atoms with Gasteiger partial charge < -0.3 is 15.5 Å². The molecule has 0 unspecified atom stereocenters. The second-order valence-electron chi connectivity index (χ2n) is 4.74. The van der Waals surface area contributed by atoms with E-state index in [4.69, 9.17) is 0 Å². The Hall–Kier alpha value is -2.15. The Kier molecular flexibility index (Phi) is 4.52. The van der Waals surface area contributed by atoms with Gasteiger partial charge in [0.15, 0.2) is 0 Å². The largest absolute Gasteiger partial charge is 0.376 e. The number of carbonyl (C=O) groups is 1. The van der Waals surface area contributed by atoms with E-state index in [9.17, 15) is 14.9 Å². The van der Waals surface area contributed by atoms with Gasteiger partial charge in [-0.05, 0) is 13.0 Å². The number of nitrogens with one attached hydrogen (secondary N) is 2. The average molecular weight is 278 g/mol. The van der Waals surface area contributed by atoms with E-state index in [1.165, 1.54) is 6.07 Å². The van der Waals surface area contributed by atoms with Crippen LogP contribution in [-0.2, 0) is 4.79 Å². The molecule has 0 aliphatic carbocycles. The predicted molar refractivity (Wildman–Crippen MR) is 75.8 cm³/mol. The summed E-state index contributed by atoms with van der Waals surface area (Å²) >= 11 is 0. The number of anilines is 1. The van der Waals surface area contributed by atoms with Crippen LogP contribution in [-0.4, -0.2) is 48.5 Å². The molecule has 2 rings (SSSR count). The molecule has 7 nitrogen and oxygen atoms in total. The van der Waals surface area contributed by atoms with Crippen molar-refractivity contribution in [3.63, 3.8) is 0 Å². The van der Waals surface area contributed by atoms with Gasteiger partial charge in [-0.15, -0.1) is 0 Å². The Morgan fingerprint density at radius 1 is 1.45 bits per heavy atom. The van der Waals surface area contributed by atoms with Gasteiger partial charge in [0.2, 0.25) is 5.91 Å². The maximum Gasteiger partial charge on any atom is 0.274 e. The highest BCUT2D eigenvalue weighted by Crippen LogP contribution is 2.22. The van der Waals surface area contributed by atoms with Crippen molar-refractivity contribution in [2.24, 2.45) is 0 Å². The van der Waals surface area contributed by atoms with Crippen LogP contribution in [0.15, 0.2) is 18.2 Å². The highest BCUT2D eigenvalue weighted by Gasteiger charge is 2.16. The van der Waals surface area contributed by atoms with Crippen molar-refractivity contribution in [1.29, 1.82) is 0 Å². The molecule has 7 heteroatoms. The van der Waals surface area contributed by atoms with E-state index in [2.05, 4.69) is 10.6 Å². The molecule has 108 valence electrons. The molecule has 1 aromatic rings. The molecule has 0 radical (unpaired) electrons. The standard InChI is InChI=1S/C13H18N4O3/c1-10-2-3-11(8-12(10)17(19)20)15-9-13(18)16-6-4-14-5-7-16/h2-3,8,14-15H,4-7,9H2,1H3. The Balaban J connectivity index is 1.95. The summed E-state index contributed by atoms with van der Waals surface area (Å²) in [5, 5.41) is 17.0. The van der Waals surface area contributed by atoms with E-state index < -0.39 is 4.92 Å². The van der Waals surface area contributed by atoms with E-state index in [0.29, 0.717) is 24.3 Å². The maximum absolute atomic E-state index is 12.0. The molecule has 1 saturated heterocycles. The third-order valence-corrected chi connectivity index (χ3v) is 3.32. The van der Waals surface area contributed by atoms with Gasteiger partial charge in [-0.3, -0.25) is 14.9 Å². The second-order valence-corrected chi connectivity index (χ2v) is 4.74. The van der Waals surface area contributed by atoms with E-state index >= 15 is 0 Å². The topological polar surface area (TPSA) is 87.5 Å². The van der Waals surface area contributed by atoms with Crippen LogP contribution in [0.5, 0.6) is 0 Å². The maximum atomic E-state index is 12.0. The molecule has 0 atom stereocenters. The minimum Gasteiger partial charge on any atom is -0.376 e. The molecule has 0 saturated carbocycles. The number of hydrogen-bond acceptors (Lipinski definition) is 5. The first-order valence-electron chi connectivity index (χ1n) is 6.55. The van der Waals surface area contributed by atoms with Gasteiger partial charge in [-0.1, -0.05) is 6.07 Å². The molecular weight excluding hydrogens is 260 g/mol. The normalized spacial score (nSPS) is 14.9. The average Bonchev–Trinajstić information content (AvgIpc) is 2.46. The van der Waals surface area contributed by atoms with Gasteiger partial charge in [0.25, 0.3) is 5.69 Å². The summed E-state index contributed by atoms with van der Waals surface area (Å²) < 4.78 is 0. The van der Waals surface area contributed by atoms with Crippen LogP contribution in [0.1, 0.15) is 5.56 Å². The van der Waals surface area contributed by atoms with E-state index in [1.54, 1.807) is 24.0 Å². The van der Waals surface area contributed by atoms with Crippen molar-refractivity contribution in [2.75, 3.05) is 38.0 Å². The Bertz CT molecular complexity index is 512. The third kappa shape index (κ3) is 3.45. The molecule has 1 aliphatic rings. The van der Waals surface area contributed by atoms with Crippen molar-refractivity contribution >= 4 is 17.3 Å². The zero-order valence-electron chi connectivity index (χ0n) is 11.4. The minimum atomic E-state index is -0.418. The van der Waals surface area contributed by atoms with Crippen LogP contribution in [0.4, 0.5) is 11.4 Å². The molecule has 2 N–H and O–H groups in total. The van der Waals surface area contributed by atoms with Crippen LogP contribution in [0.3, 0.4) is 0 Å². The number of hydrogen-bond donors (Lipinski definition) is 2. The lowest BCUT2D eigenvalue weighted by Crippen LogP contribution is -2.48. The monoisotopic (exact) mass is 278 g/mol. The molecule has 1 heterocycles. The van der Waals surface area contributed by atoms with Crippen molar-refractivity contribution in [1.82, 2.24) is 10.2 Å². The highest BCUT2D eigenvalue weighted by atomic mass is 16.6. The first kappa shape index (κ1) is 14.3. The van der Waals surface area contributed by atoms with Gasteiger partial charge in [0.05, 0.1) is 11.5 Å². The Labute approximate surface area is 117 Å². The Morgan fingerprint density at radius 3 is 2.80 bits per heavy atom. The van der Waals surface area contributed by atoms with Crippen LogP contribution < -0.4 is 10.6 Å². The van der Waals surface area contributed by atoms with Crippen molar-refractivity contribution < 1.29 is 9.72 Å². The quantitative estimate of drug-likeness (QED) is 0.626. The molecule has 0 spiro atoms. The Morgan fingerprint density at radius 2 is 2.15 bits per heavy atom. The minimum absolute atomic E-state index is 0.00901. The summed E-state index contributed by atoms with van der Waals surface area (Å²) in [7, 11) is 0. The van der Waals surface area contributed by atoms with Crippen molar-refractivity contribution in [2.45, 2.75) is 6.92 Å². The van der Waals surface area contributed by atoms with Gasteiger partial charge in [0, 0.05) is 43.5 Å². The summed E-state index contributed by atoms with van der Waals surface area (Å²) in [6.07, 6.45) is 0. The molecule has 1 amide bonds. The van der Waals surface area contributed by atoms with Crippen molar-refractivity contribution in [3.8, 4) is 0 Å². The van der Waals surface area contributed by atoms with Gasteiger partial charge >= 0.3 is 0 Å². The number of aryl methyl sites for hydroxylation is 1. The molecule has 20 heavy (non-hydrogen) atoms. The second kappa shape index (κ2) is 6.33. The lowest BCUT2D eigenvalue weighted by atomic mass is 10.2. The summed E-state index contributed by atoms with van der Waals surface area (Å²) in [6.45, 7) is 4.86. The van der Waals surface area contributed by atoms with Gasteiger partial charge in [-0.2, -0.15) is 0 Å². The number of nitro groups is 1. The van der Waals surface area contributed by atoms with Crippen LogP contribution in [0.25, 0.3) is 0 Å². The fraction of sp³-hybridized carbons (Fsp3) is 0.462. The first-order chi connectivity index (χ1) is 9.58. The lowest BCUT2D eigenvalue weighted by molar-refractivity contribution is -0.385. The zero-order valence-corrected chi connectivity index (χ0v) is 11.4. The zero-order chi connectivity index (χ0) is 14.5. The van der Waals surface area contributed by atoms with E-state index in [-0.39, 0.29) is 18.1 Å². The van der Waals surface area contributed by atoms with E-state index in [1.807, 2.05) is 0 Å². The summed E-state index contributed by atoms with van der Waals surface area (Å²) in [6, 6.07) is 4.88. The number of nitrogens with zero attached hydrogens (tertiary/aromatic N) is 2. The molecule has 1 fully saturated rings. The number of benzene rings is 1. The smallest absolute Gasteiger partial charge is 0.274 e. The predicted octanol–water partition coefficient (Wildman–Crippen LogP) is 0.747. The molecule has 1 aliphatic heterocycles. The van der Waals surface area contributed by atoms with Crippen molar-refractivity contribution in [3.05, 3.63) is 33.9 Å². The summed E-state index contributed by atoms with van der Waals surface area (Å²) in [4.78, 5) is 24.2. The molecule has 1 aromatic carbocycles. The number of carbonyl (C=O) groups excluding carboxylic acids is 1. The van der Waals surface area contributed by atoms with Gasteiger partial charge in [-0.25, -0.2) is 0 Å².